The summed E-state index contributed by atoms with van der Waals surface area (Å²) < 4.78 is 78.1. The molecule has 1 saturated carbocycles. The molecule has 0 aromatic carbocycles. The first-order valence-corrected chi connectivity index (χ1v) is 17.2. The molecule has 25 nitrogen and oxygen atoms in total. The zero-order valence-electron chi connectivity index (χ0n) is 25.5. The number of ether oxygens (including phenoxy) is 4. The summed E-state index contributed by atoms with van der Waals surface area (Å²) in [6.45, 7) is -0.898. The molecule has 1 amide bonds. The van der Waals surface area contributed by atoms with E-state index < -0.39 is 131 Å². The maximum absolute atomic E-state index is 12.6. The van der Waals surface area contributed by atoms with E-state index in [2.05, 4.69) is 8.95 Å². The van der Waals surface area contributed by atoms with Crippen LogP contribution in [0.15, 0.2) is 0 Å². The van der Waals surface area contributed by atoms with E-state index in [-0.39, 0.29) is 25.9 Å². The zero-order valence-corrected chi connectivity index (χ0v) is 27.1. The maximum atomic E-state index is 12.6. The number of carbonyl (C=O) groups is 1. The van der Waals surface area contributed by atoms with Crippen LogP contribution in [-0.4, -0.2) is 190 Å². The molecule has 2 aliphatic heterocycles. The molecule has 27 heteroatoms. The fraction of sp³-hybridized carbons (Fsp3) is 0.955. The molecule has 1 aliphatic carbocycles. The Labute approximate surface area is 279 Å². The van der Waals surface area contributed by atoms with Crippen molar-refractivity contribution in [1.82, 2.24) is 5.32 Å². The van der Waals surface area contributed by atoms with Crippen LogP contribution < -0.4 is 28.3 Å². The molecule has 0 spiro atoms. The molecule has 49 heavy (non-hydrogen) atoms. The predicted octanol–water partition coefficient (Wildman–Crippen LogP) is -9.82. The summed E-state index contributed by atoms with van der Waals surface area (Å²) in [5.74, 6) is -0.845. The SMILES string of the molecule is NCC[C@H](O)C(=O)N[C@@H]1C[C@H](N)[C@@H](O[C@H]2O[C@H](CN)[C@@H](O)[C@H](O)[C@H]2O)[C@H](O)[C@H]1O[C@H]1O[C@H](CO)[C@@H](O)[C@H](N)[C@H]1O.O=S(=O)(O)OS(=O)(=O)O. The minimum atomic E-state index is -5.12. The average molecular weight is 764 g/mol. The summed E-state index contributed by atoms with van der Waals surface area (Å²) in [7, 11) is -10.2. The van der Waals surface area contributed by atoms with Gasteiger partial charge in [0.25, 0.3) is 0 Å². The molecule has 3 fully saturated rings. The highest BCUT2D eigenvalue weighted by Gasteiger charge is 2.52. The molecule has 19 N–H and O–H groups in total. The highest BCUT2D eigenvalue weighted by molar-refractivity contribution is 7.94. The van der Waals surface area contributed by atoms with E-state index in [0.717, 1.165) is 0 Å². The summed E-state index contributed by atoms with van der Waals surface area (Å²) in [4.78, 5) is 12.6. The number of hydrogen-bond acceptors (Lipinski definition) is 22. The van der Waals surface area contributed by atoms with Gasteiger partial charge in [0.2, 0.25) is 5.91 Å². The summed E-state index contributed by atoms with van der Waals surface area (Å²) >= 11 is 0. The van der Waals surface area contributed by atoms with E-state index in [4.69, 9.17) is 51.0 Å². The fourth-order valence-corrected chi connectivity index (χ4v) is 6.05. The highest BCUT2D eigenvalue weighted by Crippen LogP contribution is 2.32. The first-order chi connectivity index (χ1) is 22.6. The first kappa shape index (κ1) is 43.8. The van der Waals surface area contributed by atoms with Crippen LogP contribution in [0, 0.1) is 0 Å². The van der Waals surface area contributed by atoms with E-state index in [9.17, 15) is 62.5 Å². The Morgan fingerprint density at radius 2 is 1.33 bits per heavy atom. The van der Waals surface area contributed by atoms with Gasteiger partial charge < -0.3 is 88.1 Å². The molecule has 0 aromatic heterocycles. The smallest absolute Gasteiger partial charge is 0.394 e. The molecule has 290 valence electrons. The molecule has 0 bridgehead atoms. The van der Waals surface area contributed by atoms with Gasteiger partial charge in [0.1, 0.15) is 67.1 Å². The molecule has 2 heterocycles. The topological polar surface area (TPSA) is 450 Å². The van der Waals surface area contributed by atoms with Crippen molar-refractivity contribution in [3.05, 3.63) is 0 Å². The second-order valence-corrected chi connectivity index (χ2v) is 13.5. The lowest BCUT2D eigenvalue weighted by Gasteiger charge is -2.49. The molecule has 3 aliphatic rings. The van der Waals surface area contributed by atoms with Crippen molar-refractivity contribution in [2.75, 3.05) is 19.7 Å². The third kappa shape index (κ3) is 12.1. The van der Waals surface area contributed by atoms with Crippen molar-refractivity contribution in [2.24, 2.45) is 22.9 Å². The van der Waals surface area contributed by atoms with E-state index in [1.54, 1.807) is 0 Å². The highest BCUT2D eigenvalue weighted by atomic mass is 32.3. The molecule has 0 aromatic rings. The Morgan fingerprint density at radius 1 is 0.796 bits per heavy atom. The van der Waals surface area contributed by atoms with E-state index in [1.807, 2.05) is 0 Å². The van der Waals surface area contributed by atoms with Crippen LogP contribution in [0.1, 0.15) is 12.8 Å². The number of amides is 1. The molecular weight excluding hydrogens is 718 g/mol. The number of aliphatic hydroxyl groups excluding tert-OH is 8. The monoisotopic (exact) mass is 763 g/mol. The van der Waals surface area contributed by atoms with Gasteiger partial charge in [-0.05, 0) is 19.4 Å². The van der Waals surface area contributed by atoms with E-state index in [0.29, 0.717) is 0 Å². The lowest BCUT2D eigenvalue weighted by atomic mass is 9.83. The lowest BCUT2D eigenvalue weighted by Crippen LogP contribution is -2.69. The van der Waals surface area contributed by atoms with Crippen LogP contribution in [0.25, 0.3) is 0 Å². The van der Waals surface area contributed by atoms with Gasteiger partial charge in [-0.1, -0.05) is 0 Å². The van der Waals surface area contributed by atoms with Crippen molar-refractivity contribution >= 4 is 26.7 Å². The van der Waals surface area contributed by atoms with Crippen LogP contribution in [0.2, 0.25) is 0 Å². The van der Waals surface area contributed by atoms with Gasteiger partial charge in [-0.15, -0.1) is 3.63 Å². The average Bonchev–Trinajstić information content (AvgIpc) is 2.99. The van der Waals surface area contributed by atoms with Crippen molar-refractivity contribution in [3.8, 4) is 0 Å². The standard InChI is InChI=1S/C22H43N5O13.H2O7S2/c23-2-1-8(29)20(36)27-7-3-6(25)18(39-22-16(34)15(33)13(31)9(4-24)37-22)17(35)19(7)40-21-14(32)11(26)12(30)10(5-28)38-21;1-8(2,3)7-9(4,5)6/h6-19,21-22,28-35H,1-5,23-26H2,(H,27,36);(H,1,2,3)(H,4,5,6)/t6-,7+,8-,9+,10+,11-,12+,13+,14+,15-,16+,17-,18+,19-,21+,22+;/m0./s1. The summed E-state index contributed by atoms with van der Waals surface area (Å²) in [5.41, 5.74) is 23.1. The van der Waals surface area contributed by atoms with E-state index in [1.165, 1.54) is 0 Å². The second-order valence-electron chi connectivity index (χ2n) is 11.3. The number of nitrogens with one attached hydrogen (secondary N) is 1. The van der Waals surface area contributed by atoms with Gasteiger partial charge in [-0.3, -0.25) is 13.9 Å². The van der Waals surface area contributed by atoms with Crippen LogP contribution >= 0.6 is 0 Å². The van der Waals surface area contributed by atoms with Gasteiger partial charge in [0, 0.05) is 12.6 Å². The van der Waals surface area contributed by atoms with Crippen molar-refractivity contribution in [1.29, 1.82) is 0 Å². The van der Waals surface area contributed by atoms with Crippen LogP contribution in [0.5, 0.6) is 0 Å². The quantitative estimate of drug-likeness (QED) is 0.0820. The largest absolute Gasteiger partial charge is 0.413 e. The lowest BCUT2D eigenvalue weighted by molar-refractivity contribution is -0.332. The molecular formula is C22H45N5O20S2. The van der Waals surface area contributed by atoms with Gasteiger partial charge >= 0.3 is 20.8 Å². The fourth-order valence-electron chi connectivity index (χ4n) is 5.18. The third-order valence-electron chi connectivity index (χ3n) is 7.68. The van der Waals surface area contributed by atoms with Gasteiger partial charge in [0.05, 0.1) is 18.7 Å². The minimum Gasteiger partial charge on any atom is -0.394 e. The van der Waals surface area contributed by atoms with Crippen molar-refractivity contribution < 1.29 is 94.2 Å². The Hall–Kier alpha value is -1.39. The minimum absolute atomic E-state index is 0.0101. The Kier molecular flexibility index (Phi) is 16.4. The molecule has 16 atom stereocenters. The zero-order chi connectivity index (χ0) is 37.6. The number of carbonyl (C=O) groups excluding carboxylic acids is 1. The number of nitrogens with two attached hydrogens (primary N) is 4. The van der Waals surface area contributed by atoms with Gasteiger partial charge in [0.15, 0.2) is 12.6 Å². The third-order valence-corrected chi connectivity index (χ3v) is 9.06. The predicted molar refractivity (Wildman–Crippen MR) is 156 cm³/mol. The Bertz CT molecular complexity index is 1240. The van der Waals surface area contributed by atoms with Crippen LogP contribution in [0.4, 0.5) is 0 Å². The number of aliphatic hydroxyl groups is 8. The first-order valence-electron chi connectivity index (χ1n) is 14.4. The van der Waals surface area contributed by atoms with Crippen molar-refractivity contribution in [2.45, 2.75) is 111 Å². The number of hydrogen-bond donors (Lipinski definition) is 15. The second kappa shape index (κ2) is 18.4. The van der Waals surface area contributed by atoms with Gasteiger partial charge in [-0.25, -0.2) is 0 Å². The number of rotatable bonds is 12. The van der Waals surface area contributed by atoms with Crippen LogP contribution in [0.3, 0.4) is 0 Å². The molecule has 3 rings (SSSR count). The van der Waals surface area contributed by atoms with E-state index >= 15 is 0 Å². The van der Waals surface area contributed by atoms with Crippen molar-refractivity contribution in [3.63, 3.8) is 0 Å². The summed E-state index contributed by atoms with van der Waals surface area (Å²) in [6.07, 6.45) is -19.8. The maximum Gasteiger partial charge on any atom is 0.413 e. The summed E-state index contributed by atoms with van der Waals surface area (Å²) in [5, 5.41) is 84.9. The molecule has 0 radical (unpaired) electrons. The Balaban J connectivity index is 0.000000811. The molecule has 0 unspecified atom stereocenters. The molecule has 2 saturated heterocycles. The van der Waals surface area contributed by atoms with Crippen LogP contribution in [-0.2, 0) is 48.2 Å². The Morgan fingerprint density at radius 3 is 1.82 bits per heavy atom. The summed E-state index contributed by atoms with van der Waals surface area (Å²) in [6, 6.07) is -3.45. The normalized spacial score (nSPS) is 40.9. The van der Waals surface area contributed by atoms with Gasteiger partial charge in [-0.2, -0.15) is 16.8 Å².